The molecule has 1 unspecified atom stereocenters. The second kappa shape index (κ2) is 4.37. The fourth-order valence-electron chi connectivity index (χ4n) is 1.23. The first-order valence-corrected chi connectivity index (χ1v) is 4.75. The Kier molecular flexibility index (Phi) is 3.42. The van der Waals surface area contributed by atoms with Crippen LogP contribution in [0.5, 0.6) is 0 Å². The first-order valence-electron chi connectivity index (χ1n) is 4.75. The fraction of sp³-hybridized carbons (Fsp3) is 0.778. The second-order valence-corrected chi connectivity index (χ2v) is 3.76. The molecule has 0 aliphatic carbocycles. The summed E-state index contributed by atoms with van der Waals surface area (Å²) in [5.74, 6) is 1.03. The molecule has 0 saturated carbocycles. The van der Waals surface area contributed by atoms with Gasteiger partial charge in [0, 0.05) is 18.5 Å². The minimum Gasteiger partial charge on any atom is -0.328 e. The van der Waals surface area contributed by atoms with Crippen molar-refractivity contribution in [3.63, 3.8) is 0 Å². The van der Waals surface area contributed by atoms with Crippen LogP contribution in [0, 0.1) is 0 Å². The van der Waals surface area contributed by atoms with Crippen molar-refractivity contribution in [2.45, 2.75) is 45.7 Å². The molecule has 13 heavy (non-hydrogen) atoms. The molecule has 0 aromatic carbocycles. The predicted molar refractivity (Wildman–Crippen MR) is 52.4 cm³/mol. The van der Waals surface area contributed by atoms with Crippen LogP contribution >= 0.6 is 0 Å². The zero-order valence-electron chi connectivity index (χ0n) is 8.57. The summed E-state index contributed by atoms with van der Waals surface area (Å²) in [6, 6.07) is 0.662. The molecule has 1 heterocycles. The lowest BCUT2D eigenvalue weighted by Crippen LogP contribution is -2.17. The third-order valence-corrected chi connectivity index (χ3v) is 2.03. The van der Waals surface area contributed by atoms with E-state index in [9.17, 15) is 0 Å². The summed E-state index contributed by atoms with van der Waals surface area (Å²) < 4.78 is 2.09. The van der Waals surface area contributed by atoms with E-state index in [2.05, 4.69) is 28.6 Å². The number of hydrogen-bond donors (Lipinski definition) is 1. The molecular weight excluding hydrogens is 164 g/mol. The van der Waals surface area contributed by atoms with Crippen molar-refractivity contribution in [3.05, 3.63) is 12.2 Å². The van der Waals surface area contributed by atoms with Gasteiger partial charge < -0.3 is 10.3 Å². The Morgan fingerprint density at radius 2 is 2.15 bits per heavy atom. The van der Waals surface area contributed by atoms with Gasteiger partial charge >= 0.3 is 0 Å². The van der Waals surface area contributed by atoms with Gasteiger partial charge in [-0.3, -0.25) is 0 Å². The van der Waals surface area contributed by atoms with Gasteiger partial charge in [-0.25, -0.2) is 0 Å². The number of nitrogens with two attached hydrogens (primary N) is 1. The smallest absolute Gasteiger partial charge is 0.133 e. The zero-order valence-corrected chi connectivity index (χ0v) is 8.57. The molecular formula is C9H18N4. The van der Waals surface area contributed by atoms with Gasteiger partial charge in [-0.1, -0.05) is 0 Å². The van der Waals surface area contributed by atoms with Crippen molar-refractivity contribution >= 4 is 0 Å². The van der Waals surface area contributed by atoms with E-state index < -0.39 is 0 Å². The highest BCUT2D eigenvalue weighted by Gasteiger charge is 2.07. The van der Waals surface area contributed by atoms with E-state index in [0.29, 0.717) is 6.04 Å². The summed E-state index contributed by atoms with van der Waals surface area (Å²) >= 11 is 0. The second-order valence-electron chi connectivity index (χ2n) is 3.76. The molecule has 4 heteroatoms. The van der Waals surface area contributed by atoms with Crippen LogP contribution in [0.2, 0.25) is 0 Å². The number of hydrogen-bond acceptors (Lipinski definition) is 3. The van der Waals surface area contributed by atoms with Gasteiger partial charge in [-0.2, -0.15) is 0 Å². The van der Waals surface area contributed by atoms with Gasteiger partial charge in [0.15, 0.2) is 0 Å². The van der Waals surface area contributed by atoms with Crippen LogP contribution in [0.15, 0.2) is 6.33 Å². The normalized spacial score (nSPS) is 13.6. The maximum absolute atomic E-state index is 5.68. The highest BCUT2D eigenvalue weighted by Crippen LogP contribution is 2.08. The maximum Gasteiger partial charge on any atom is 0.133 e. The van der Waals surface area contributed by atoms with E-state index in [1.165, 1.54) is 0 Å². The van der Waals surface area contributed by atoms with Crippen molar-refractivity contribution in [1.29, 1.82) is 0 Å². The number of nitrogens with zero attached hydrogens (tertiary/aromatic N) is 3. The highest BCUT2D eigenvalue weighted by atomic mass is 15.3. The van der Waals surface area contributed by atoms with Crippen LogP contribution in [0.4, 0.5) is 0 Å². The van der Waals surface area contributed by atoms with Crippen molar-refractivity contribution in [1.82, 2.24) is 14.8 Å². The molecule has 0 amide bonds. The maximum atomic E-state index is 5.68. The SMILES string of the molecule is CC(N)CCc1nncn1C(C)C. The first-order chi connectivity index (χ1) is 6.11. The molecule has 4 nitrogen and oxygen atoms in total. The Balaban J connectivity index is 2.60. The first kappa shape index (κ1) is 10.2. The van der Waals surface area contributed by atoms with Gasteiger partial charge in [0.1, 0.15) is 12.2 Å². The van der Waals surface area contributed by atoms with Crippen LogP contribution in [-0.2, 0) is 6.42 Å². The number of rotatable bonds is 4. The molecule has 1 aromatic rings. The van der Waals surface area contributed by atoms with Gasteiger partial charge in [0.2, 0.25) is 0 Å². The summed E-state index contributed by atoms with van der Waals surface area (Å²) in [4.78, 5) is 0. The molecule has 0 aliphatic heterocycles. The predicted octanol–water partition coefficient (Wildman–Crippen LogP) is 1.14. The average Bonchev–Trinajstić information content (AvgIpc) is 2.47. The van der Waals surface area contributed by atoms with E-state index in [-0.39, 0.29) is 6.04 Å². The van der Waals surface area contributed by atoms with Gasteiger partial charge in [-0.05, 0) is 27.2 Å². The Morgan fingerprint density at radius 1 is 1.46 bits per heavy atom. The molecule has 0 radical (unpaired) electrons. The molecule has 0 bridgehead atoms. The number of aryl methyl sites for hydroxylation is 1. The van der Waals surface area contributed by atoms with Crippen molar-refractivity contribution in [2.24, 2.45) is 5.73 Å². The molecule has 0 saturated heterocycles. The Morgan fingerprint density at radius 3 is 2.69 bits per heavy atom. The van der Waals surface area contributed by atoms with E-state index in [4.69, 9.17) is 5.73 Å². The van der Waals surface area contributed by atoms with Crippen LogP contribution in [-0.4, -0.2) is 20.8 Å². The fourth-order valence-corrected chi connectivity index (χ4v) is 1.23. The lowest BCUT2D eigenvalue weighted by molar-refractivity contribution is 0.547. The Labute approximate surface area is 79.2 Å². The van der Waals surface area contributed by atoms with E-state index in [1.54, 1.807) is 6.33 Å². The summed E-state index contributed by atoms with van der Waals surface area (Å²) in [6.45, 7) is 6.26. The molecule has 1 rings (SSSR count). The molecule has 0 fully saturated rings. The Hall–Kier alpha value is -0.900. The van der Waals surface area contributed by atoms with Gasteiger partial charge in [0.25, 0.3) is 0 Å². The van der Waals surface area contributed by atoms with Gasteiger partial charge in [-0.15, -0.1) is 10.2 Å². The minimum atomic E-state index is 0.234. The van der Waals surface area contributed by atoms with E-state index >= 15 is 0 Å². The van der Waals surface area contributed by atoms with E-state index in [0.717, 1.165) is 18.7 Å². The third kappa shape index (κ3) is 2.81. The lowest BCUT2D eigenvalue weighted by Gasteiger charge is -2.10. The third-order valence-electron chi connectivity index (χ3n) is 2.03. The molecule has 0 spiro atoms. The quantitative estimate of drug-likeness (QED) is 0.759. The molecule has 1 atom stereocenters. The molecule has 2 N–H and O–H groups in total. The summed E-state index contributed by atoms with van der Waals surface area (Å²) in [7, 11) is 0. The average molecular weight is 182 g/mol. The van der Waals surface area contributed by atoms with Crippen molar-refractivity contribution in [2.75, 3.05) is 0 Å². The summed E-state index contributed by atoms with van der Waals surface area (Å²) in [5.41, 5.74) is 5.68. The standard InChI is InChI=1S/C9H18N4/c1-7(2)13-6-11-12-9(13)5-4-8(3)10/h6-8H,4-5,10H2,1-3H3. The van der Waals surface area contributed by atoms with Crippen LogP contribution in [0.1, 0.15) is 39.1 Å². The summed E-state index contributed by atoms with van der Waals surface area (Å²) in [6.07, 6.45) is 3.66. The Bertz CT molecular complexity index is 252. The van der Waals surface area contributed by atoms with Crippen LogP contribution in [0.3, 0.4) is 0 Å². The largest absolute Gasteiger partial charge is 0.328 e. The monoisotopic (exact) mass is 182 g/mol. The zero-order chi connectivity index (χ0) is 9.84. The lowest BCUT2D eigenvalue weighted by atomic mass is 10.2. The molecule has 1 aromatic heterocycles. The molecule has 0 aliphatic rings. The minimum absolute atomic E-state index is 0.234. The van der Waals surface area contributed by atoms with Crippen molar-refractivity contribution in [3.8, 4) is 0 Å². The van der Waals surface area contributed by atoms with Crippen LogP contribution < -0.4 is 5.73 Å². The number of aromatic nitrogens is 3. The van der Waals surface area contributed by atoms with Crippen LogP contribution in [0.25, 0.3) is 0 Å². The van der Waals surface area contributed by atoms with E-state index in [1.807, 2.05) is 6.92 Å². The highest BCUT2D eigenvalue weighted by molar-refractivity contribution is 4.88. The summed E-state index contributed by atoms with van der Waals surface area (Å²) in [5, 5.41) is 7.96. The topological polar surface area (TPSA) is 56.7 Å². The van der Waals surface area contributed by atoms with Gasteiger partial charge in [0.05, 0.1) is 0 Å². The molecule has 74 valence electrons. The van der Waals surface area contributed by atoms with Crippen molar-refractivity contribution < 1.29 is 0 Å².